The minimum absolute atomic E-state index is 0.258. The summed E-state index contributed by atoms with van der Waals surface area (Å²) in [5.41, 5.74) is 1.52. The Bertz CT molecular complexity index is 654. The van der Waals surface area contributed by atoms with E-state index < -0.39 is 0 Å². The third kappa shape index (κ3) is 3.44. The minimum atomic E-state index is -0.265. The number of benzene rings is 1. The van der Waals surface area contributed by atoms with Gasteiger partial charge in [-0.2, -0.15) is 5.26 Å². The highest BCUT2D eigenvalue weighted by atomic mass is 35.5. The number of hydrogen-bond donors (Lipinski definition) is 0. The Kier molecular flexibility index (Phi) is 5.15. The van der Waals surface area contributed by atoms with E-state index >= 15 is 0 Å². The van der Waals surface area contributed by atoms with Crippen LogP contribution in [-0.4, -0.2) is 43.8 Å². The van der Waals surface area contributed by atoms with Crippen LogP contribution in [0.3, 0.4) is 0 Å². The summed E-state index contributed by atoms with van der Waals surface area (Å²) in [7, 11) is 1.42. The molecule has 1 heterocycles. The predicted octanol–water partition coefficient (Wildman–Crippen LogP) is 3.66. The number of hydrogen-bond acceptors (Lipinski definition) is 4. The van der Waals surface area contributed by atoms with Crippen LogP contribution in [-0.2, 0) is 4.74 Å². The number of amides is 1. The van der Waals surface area contributed by atoms with Crippen LogP contribution in [0.4, 0.5) is 10.5 Å². The van der Waals surface area contributed by atoms with E-state index in [0.29, 0.717) is 29.6 Å². The Labute approximate surface area is 147 Å². The van der Waals surface area contributed by atoms with Gasteiger partial charge in [-0.15, -0.1) is 0 Å². The van der Waals surface area contributed by atoms with E-state index in [1.165, 1.54) is 26.4 Å². The van der Waals surface area contributed by atoms with Crippen LogP contribution in [0.5, 0.6) is 0 Å². The number of nitriles is 1. The van der Waals surface area contributed by atoms with Crippen LogP contribution < -0.4 is 4.90 Å². The number of ether oxygens (including phenoxy) is 1. The molecule has 1 unspecified atom stereocenters. The lowest BCUT2D eigenvalue weighted by Gasteiger charge is -2.37. The van der Waals surface area contributed by atoms with Gasteiger partial charge in [-0.1, -0.05) is 18.0 Å². The topological polar surface area (TPSA) is 56.6 Å². The molecule has 1 aliphatic heterocycles. The largest absolute Gasteiger partial charge is 0.453 e. The number of rotatable bonds is 4. The van der Waals surface area contributed by atoms with Gasteiger partial charge < -0.3 is 14.5 Å². The van der Waals surface area contributed by atoms with Gasteiger partial charge in [-0.05, 0) is 43.4 Å². The number of anilines is 1. The Morgan fingerprint density at radius 2 is 2.25 bits per heavy atom. The van der Waals surface area contributed by atoms with Crippen molar-refractivity contribution in [2.75, 3.05) is 31.6 Å². The summed E-state index contributed by atoms with van der Waals surface area (Å²) in [5, 5.41) is 9.55. The van der Waals surface area contributed by atoms with E-state index in [1.807, 2.05) is 12.1 Å². The van der Waals surface area contributed by atoms with Crippen LogP contribution in [0.2, 0.25) is 5.02 Å². The van der Waals surface area contributed by atoms with Crippen molar-refractivity contribution < 1.29 is 9.53 Å². The molecule has 0 N–H and O–H groups in total. The molecule has 3 rings (SSSR count). The van der Waals surface area contributed by atoms with Gasteiger partial charge in [0, 0.05) is 31.4 Å². The van der Waals surface area contributed by atoms with Gasteiger partial charge in [0.25, 0.3) is 0 Å². The van der Waals surface area contributed by atoms with E-state index in [4.69, 9.17) is 21.6 Å². The quantitative estimate of drug-likeness (QED) is 0.834. The third-order valence-electron chi connectivity index (χ3n) is 5.12. The Balaban J connectivity index is 1.80. The van der Waals surface area contributed by atoms with E-state index in [9.17, 15) is 4.79 Å². The lowest BCUT2D eigenvalue weighted by atomic mass is 9.84. The highest BCUT2D eigenvalue weighted by molar-refractivity contribution is 6.32. The van der Waals surface area contributed by atoms with Crippen LogP contribution >= 0.6 is 11.6 Å². The van der Waals surface area contributed by atoms with Gasteiger partial charge in [0.1, 0.15) is 6.07 Å². The Hall–Kier alpha value is -1.93. The number of halogens is 1. The number of nitrogens with zero attached hydrogens (tertiary/aromatic N) is 3. The molecule has 1 aromatic carbocycles. The Morgan fingerprint density at radius 3 is 2.83 bits per heavy atom. The fourth-order valence-corrected chi connectivity index (χ4v) is 3.70. The zero-order chi connectivity index (χ0) is 17.1. The van der Waals surface area contributed by atoms with Gasteiger partial charge >= 0.3 is 6.09 Å². The maximum Gasteiger partial charge on any atom is 0.409 e. The lowest BCUT2D eigenvalue weighted by molar-refractivity contribution is 0.132. The van der Waals surface area contributed by atoms with Gasteiger partial charge in [0.2, 0.25) is 0 Å². The van der Waals surface area contributed by atoms with Crippen molar-refractivity contribution in [2.45, 2.75) is 31.7 Å². The molecule has 1 aliphatic carbocycles. The first-order valence-corrected chi connectivity index (χ1v) is 8.79. The van der Waals surface area contributed by atoms with Crippen LogP contribution in [0, 0.1) is 17.2 Å². The molecule has 2 aliphatic rings. The fraction of sp³-hybridized carbons (Fsp3) is 0.556. The molecule has 1 saturated heterocycles. The average molecular weight is 348 g/mol. The van der Waals surface area contributed by atoms with Crippen molar-refractivity contribution in [3.05, 3.63) is 28.8 Å². The number of likely N-dealkylation sites (tertiary alicyclic amines) is 1. The van der Waals surface area contributed by atoms with E-state index in [0.717, 1.165) is 18.7 Å². The van der Waals surface area contributed by atoms with Crippen LogP contribution in [0.1, 0.15) is 31.2 Å². The SMILES string of the molecule is COC(=O)N1CCC(N(CC2CCC2)c2ccc(C#N)c(Cl)c2)C1. The molecule has 5 nitrogen and oxygen atoms in total. The zero-order valence-corrected chi connectivity index (χ0v) is 14.6. The van der Waals surface area contributed by atoms with Crippen molar-refractivity contribution in [1.29, 1.82) is 5.26 Å². The van der Waals surface area contributed by atoms with Crippen molar-refractivity contribution in [2.24, 2.45) is 5.92 Å². The molecular weight excluding hydrogens is 326 g/mol. The third-order valence-corrected chi connectivity index (χ3v) is 5.43. The van der Waals surface area contributed by atoms with Crippen LogP contribution in [0.15, 0.2) is 18.2 Å². The molecule has 0 radical (unpaired) electrons. The second-order valence-corrected chi connectivity index (χ2v) is 6.99. The summed E-state index contributed by atoms with van der Waals surface area (Å²) in [4.78, 5) is 15.9. The summed E-state index contributed by atoms with van der Waals surface area (Å²) < 4.78 is 4.84. The molecule has 0 bridgehead atoms. The first-order valence-electron chi connectivity index (χ1n) is 8.41. The molecule has 2 fully saturated rings. The molecule has 1 atom stereocenters. The zero-order valence-electron chi connectivity index (χ0n) is 13.9. The summed E-state index contributed by atoms with van der Waals surface area (Å²) in [5.74, 6) is 0.701. The van der Waals surface area contributed by atoms with Gasteiger partial charge in [-0.25, -0.2) is 4.79 Å². The number of methoxy groups -OCH3 is 1. The van der Waals surface area contributed by atoms with E-state index in [2.05, 4.69) is 11.0 Å². The fourth-order valence-electron chi connectivity index (χ4n) is 3.48. The first kappa shape index (κ1) is 16.9. The average Bonchev–Trinajstić information content (AvgIpc) is 3.03. The van der Waals surface area contributed by atoms with Crippen molar-refractivity contribution in [3.8, 4) is 6.07 Å². The highest BCUT2D eigenvalue weighted by Crippen LogP contribution is 2.33. The first-order chi connectivity index (χ1) is 11.6. The van der Waals surface area contributed by atoms with Crippen molar-refractivity contribution >= 4 is 23.4 Å². The van der Waals surface area contributed by atoms with Gasteiger partial charge in [-0.3, -0.25) is 0 Å². The molecule has 6 heteroatoms. The summed E-state index contributed by atoms with van der Waals surface area (Å²) in [6.45, 7) is 2.35. The number of carbonyl (C=O) groups excluding carboxylic acids is 1. The standard InChI is InChI=1S/C18H22ClN3O2/c1-24-18(23)21-8-7-16(12-21)22(11-13-3-2-4-13)15-6-5-14(10-20)17(19)9-15/h5-6,9,13,16H,2-4,7-8,11-12H2,1H3. The van der Waals surface area contributed by atoms with Crippen LogP contribution in [0.25, 0.3) is 0 Å². The monoisotopic (exact) mass is 347 g/mol. The molecule has 1 saturated carbocycles. The van der Waals surface area contributed by atoms with Crippen molar-refractivity contribution in [3.63, 3.8) is 0 Å². The molecular formula is C18H22ClN3O2. The second kappa shape index (κ2) is 7.31. The van der Waals surface area contributed by atoms with Gasteiger partial charge in [0.05, 0.1) is 17.7 Å². The molecule has 128 valence electrons. The number of carbonyl (C=O) groups is 1. The lowest BCUT2D eigenvalue weighted by Crippen LogP contribution is -2.42. The normalized spacial score (nSPS) is 20.4. The molecule has 1 amide bonds. The van der Waals surface area contributed by atoms with Crippen molar-refractivity contribution in [1.82, 2.24) is 4.90 Å². The summed E-state index contributed by atoms with van der Waals surface area (Å²) in [6.07, 6.45) is 4.46. The molecule has 0 spiro atoms. The summed E-state index contributed by atoms with van der Waals surface area (Å²) in [6, 6.07) is 7.97. The summed E-state index contributed by atoms with van der Waals surface area (Å²) >= 11 is 6.23. The highest BCUT2D eigenvalue weighted by Gasteiger charge is 2.33. The second-order valence-electron chi connectivity index (χ2n) is 6.58. The molecule has 0 aromatic heterocycles. The molecule has 1 aromatic rings. The van der Waals surface area contributed by atoms with E-state index in [1.54, 1.807) is 11.0 Å². The smallest absolute Gasteiger partial charge is 0.409 e. The predicted molar refractivity (Wildman–Crippen MR) is 93.2 cm³/mol. The van der Waals surface area contributed by atoms with E-state index in [-0.39, 0.29) is 12.1 Å². The molecule has 24 heavy (non-hydrogen) atoms. The maximum atomic E-state index is 11.8. The Morgan fingerprint density at radius 1 is 1.46 bits per heavy atom. The maximum absolute atomic E-state index is 11.8. The minimum Gasteiger partial charge on any atom is -0.453 e. The van der Waals surface area contributed by atoms with Gasteiger partial charge in [0.15, 0.2) is 0 Å².